The van der Waals surface area contributed by atoms with Crippen molar-refractivity contribution in [2.45, 2.75) is 63.8 Å². The van der Waals surface area contributed by atoms with Crippen molar-refractivity contribution in [3.8, 4) is 0 Å². The highest BCUT2D eigenvalue weighted by atomic mass is 19.4. The minimum atomic E-state index is -4.41. The zero-order valence-electron chi connectivity index (χ0n) is 14.0. The van der Waals surface area contributed by atoms with Crippen LogP contribution >= 0.6 is 0 Å². The summed E-state index contributed by atoms with van der Waals surface area (Å²) < 4.78 is 38.9. The van der Waals surface area contributed by atoms with Crippen LogP contribution in [0.4, 0.5) is 13.2 Å². The molecule has 2 aliphatic rings. The van der Waals surface area contributed by atoms with Gasteiger partial charge in [-0.1, -0.05) is 12.1 Å². The van der Waals surface area contributed by atoms with E-state index in [1.807, 2.05) is 0 Å². The van der Waals surface area contributed by atoms with Gasteiger partial charge in [-0.3, -0.25) is 9.59 Å². The molecule has 0 aromatic heterocycles. The fourth-order valence-corrected chi connectivity index (χ4v) is 3.56. The van der Waals surface area contributed by atoms with E-state index in [0.29, 0.717) is 18.4 Å². The van der Waals surface area contributed by atoms with E-state index in [1.54, 1.807) is 11.0 Å². The van der Waals surface area contributed by atoms with Crippen molar-refractivity contribution in [2.75, 3.05) is 0 Å². The van der Waals surface area contributed by atoms with Crippen molar-refractivity contribution in [3.05, 3.63) is 34.9 Å². The van der Waals surface area contributed by atoms with Crippen LogP contribution in [0.2, 0.25) is 0 Å². The summed E-state index contributed by atoms with van der Waals surface area (Å²) in [6, 6.07) is 3.60. The molecule has 0 spiro atoms. The number of carbonyl (C=O) groups is 2. The van der Waals surface area contributed by atoms with Gasteiger partial charge in [0.05, 0.1) is 5.56 Å². The van der Waals surface area contributed by atoms with Crippen molar-refractivity contribution in [1.82, 2.24) is 10.2 Å². The number of hydrogen-bond acceptors (Lipinski definition) is 2. The fraction of sp³-hybridized carbons (Fsp3) is 0.556. The van der Waals surface area contributed by atoms with Crippen LogP contribution in [-0.4, -0.2) is 28.8 Å². The molecule has 3 rings (SSSR count). The van der Waals surface area contributed by atoms with Crippen LogP contribution in [-0.2, 0) is 22.3 Å². The molecule has 25 heavy (non-hydrogen) atoms. The Kier molecular flexibility index (Phi) is 4.75. The van der Waals surface area contributed by atoms with Gasteiger partial charge in [0.1, 0.15) is 6.04 Å². The Labute approximate surface area is 144 Å². The molecule has 1 aliphatic heterocycles. The summed E-state index contributed by atoms with van der Waals surface area (Å²) in [5, 5.41) is 2.71. The second-order valence-corrected chi connectivity index (χ2v) is 6.75. The van der Waals surface area contributed by atoms with Gasteiger partial charge in [0.25, 0.3) is 0 Å². The Bertz CT molecular complexity index is 683. The summed E-state index contributed by atoms with van der Waals surface area (Å²) in [5.74, 6) is -0.283. The zero-order chi connectivity index (χ0) is 18.2. The third-order valence-electron chi connectivity index (χ3n) is 5.23. The van der Waals surface area contributed by atoms with Crippen LogP contribution < -0.4 is 5.32 Å². The molecule has 1 aromatic carbocycles. The standard InChI is InChI=1S/C18H21F3N2O2/c1-11-12(4-2-7-14(11)18(19,20)21)10-22-17(25)15-8-9-16(24)23(15)13-5-3-6-13/h2,4,7,13,15H,3,5-6,8-10H2,1H3,(H,22,25). The van der Waals surface area contributed by atoms with Crippen molar-refractivity contribution >= 4 is 11.8 Å². The van der Waals surface area contributed by atoms with E-state index in [2.05, 4.69) is 5.32 Å². The van der Waals surface area contributed by atoms with E-state index in [4.69, 9.17) is 0 Å². The maximum absolute atomic E-state index is 13.0. The van der Waals surface area contributed by atoms with E-state index in [9.17, 15) is 22.8 Å². The summed E-state index contributed by atoms with van der Waals surface area (Å²) in [4.78, 5) is 26.2. The van der Waals surface area contributed by atoms with Gasteiger partial charge in [0.2, 0.25) is 11.8 Å². The summed E-state index contributed by atoms with van der Waals surface area (Å²) in [6.07, 6.45) is -0.681. The lowest BCUT2D eigenvalue weighted by atomic mass is 9.91. The predicted molar refractivity (Wildman–Crippen MR) is 85.5 cm³/mol. The lowest BCUT2D eigenvalue weighted by Crippen LogP contribution is -2.51. The molecule has 2 fully saturated rings. The number of amides is 2. The molecule has 1 N–H and O–H groups in total. The van der Waals surface area contributed by atoms with Crippen LogP contribution in [0, 0.1) is 6.92 Å². The van der Waals surface area contributed by atoms with Crippen molar-refractivity contribution in [3.63, 3.8) is 0 Å². The highest BCUT2D eigenvalue weighted by molar-refractivity contribution is 5.91. The highest BCUT2D eigenvalue weighted by Gasteiger charge is 2.42. The number of hydrogen-bond donors (Lipinski definition) is 1. The Morgan fingerprint density at radius 1 is 1.28 bits per heavy atom. The van der Waals surface area contributed by atoms with Crippen LogP contribution in [0.15, 0.2) is 18.2 Å². The molecule has 1 atom stereocenters. The second kappa shape index (κ2) is 6.69. The molecular weight excluding hydrogens is 333 g/mol. The molecule has 1 heterocycles. The molecular formula is C18H21F3N2O2. The van der Waals surface area contributed by atoms with Crippen LogP contribution in [0.3, 0.4) is 0 Å². The number of nitrogens with zero attached hydrogens (tertiary/aromatic N) is 1. The fourth-order valence-electron chi connectivity index (χ4n) is 3.56. The largest absolute Gasteiger partial charge is 0.416 e. The summed E-state index contributed by atoms with van der Waals surface area (Å²) in [5.41, 5.74) is -0.136. The molecule has 7 heteroatoms. The van der Waals surface area contributed by atoms with E-state index >= 15 is 0 Å². The number of carbonyl (C=O) groups excluding carboxylic acids is 2. The predicted octanol–water partition coefficient (Wildman–Crippen LogP) is 3.17. The maximum Gasteiger partial charge on any atom is 0.416 e. The van der Waals surface area contributed by atoms with Gasteiger partial charge in [0, 0.05) is 19.0 Å². The number of nitrogens with one attached hydrogen (secondary N) is 1. The van der Waals surface area contributed by atoms with E-state index in [-0.39, 0.29) is 30.0 Å². The van der Waals surface area contributed by atoms with Gasteiger partial charge in [0.15, 0.2) is 0 Å². The quantitative estimate of drug-likeness (QED) is 0.903. The monoisotopic (exact) mass is 354 g/mol. The normalized spacial score (nSPS) is 21.4. The minimum absolute atomic E-state index is 0.0000920. The Balaban J connectivity index is 1.67. The van der Waals surface area contributed by atoms with Crippen molar-refractivity contribution in [2.24, 2.45) is 0 Å². The van der Waals surface area contributed by atoms with Gasteiger partial charge in [-0.2, -0.15) is 13.2 Å². The first kappa shape index (κ1) is 17.8. The Hall–Kier alpha value is -2.05. The molecule has 1 aliphatic carbocycles. The molecule has 2 amide bonds. The summed E-state index contributed by atoms with van der Waals surface area (Å²) in [7, 11) is 0. The third kappa shape index (κ3) is 3.50. The number of halogens is 3. The van der Waals surface area contributed by atoms with Gasteiger partial charge in [-0.25, -0.2) is 0 Å². The maximum atomic E-state index is 13.0. The first-order valence-electron chi connectivity index (χ1n) is 8.53. The SMILES string of the molecule is Cc1c(CNC(=O)C2CCC(=O)N2C2CCC2)cccc1C(F)(F)F. The Morgan fingerprint density at radius 3 is 2.60 bits per heavy atom. The number of likely N-dealkylation sites (tertiary alicyclic amines) is 1. The van der Waals surface area contributed by atoms with Gasteiger partial charge in [-0.05, 0) is 49.8 Å². The molecule has 4 nitrogen and oxygen atoms in total. The molecule has 1 saturated heterocycles. The average Bonchev–Trinajstić information content (AvgIpc) is 2.85. The first-order valence-corrected chi connectivity index (χ1v) is 8.53. The molecule has 0 radical (unpaired) electrons. The topological polar surface area (TPSA) is 49.4 Å². The Morgan fingerprint density at radius 2 is 2.00 bits per heavy atom. The number of benzene rings is 1. The van der Waals surface area contributed by atoms with Gasteiger partial charge < -0.3 is 10.2 Å². The lowest BCUT2D eigenvalue weighted by molar-refractivity contribution is -0.139. The van der Waals surface area contributed by atoms with Gasteiger partial charge in [-0.15, -0.1) is 0 Å². The van der Waals surface area contributed by atoms with Crippen molar-refractivity contribution in [1.29, 1.82) is 0 Å². The molecule has 0 bridgehead atoms. The first-order chi connectivity index (χ1) is 11.8. The van der Waals surface area contributed by atoms with E-state index in [1.165, 1.54) is 13.0 Å². The summed E-state index contributed by atoms with van der Waals surface area (Å²) >= 11 is 0. The highest BCUT2D eigenvalue weighted by Crippen LogP contribution is 2.34. The minimum Gasteiger partial charge on any atom is -0.350 e. The van der Waals surface area contributed by atoms with Crippen LogP contribution in [0.5, 0.6) is 0 Å². The van der Waals surface area contributed by atoms with E-state index in [0.717, 1.165) is 25.3 Å². The number of alkyl halides is 3. The van der Waals surface area contributed by atoms with Crippen molar-refractivity contribution < 1.29 is 22.8 Å². The lowest BCUT2D eigenvalue weighted by Gasteiger charge is -2.38. The molecule has 1 aromatic rings. The summed E-state index contributed by atoms with van der Waals surface area (Å²) in [6.45, 7) is 1.43. The third-order valence-corrected chi connectivity index (χ3v) is 5.23. The second-order valence-electron chi connectivity index (χ2n) is 6.75. The van der Waals surface area contributed by atoms with Gasteiger partial charge >= 0.3 is 6.18 Å². The molecule has 1 saturated carbocycles. The number of rotatable bonds is 4. The van der Waals surface area contributed by atoms with Crippen LogP contribution in [0.25, 0.3) is 0 Å². The molecule has 136 valence electrons. The zero-order valence-corrected chi connectivity index (χ0v) is 14.0. The smallest absolute Gasteiger partial charge is 0.350 e. The van der Waals surface area contributed by atoms with E-state index < -0.39 is 17.8 Å². The molecule has 1 unspecified atom stereocenters. The average molecular weight is 354 g/mol. The van der Waals surface area contributed by atoms with Crippen LogP contribution in [0.1, 0.15) is 48.8 Å².